The van der Waals surface area contributed by atoms with Crippen LogP contribution in [0.3, 0.4) is 0 Å². The van der Waals surface area contributed by atoms with Gasteiger partial charge in [-0.05, 0) is 37.1 Å². The Morgan fingerprint density at radius 3 is 2.72 bits per heavy atom. The van der Waals surface area contributed by atoms with E-state index in [1.165, 1.54) is 0 Å². The fourth-order valence-electron chi connectivity index (χ4n) is 3.52. The molecular formula is C23H24N8O. The van der Waals surface area contributed by atoms with Crippen LogP contribution in [0.4, 0.5) is 17.5 Å². The van der Waals surface area contributed by atoms with Crippen molar-refractivity contribution in [2.45, 2.75) is 25.4 Å². The third kappa shape index (κ3) is 4.99. The van der Waals surface area contributed by atoms with Crippen molar-refractivity contribution in [1.29, 1.82) is 5.26 Å². The van der Waals surface area contributed by atoms with Crippen LogP contribution in [0.5, 0.6) is 0 Å². The van der Waals surface area contributed by atoms with E-state index in [1.54, 1.807) is 24.7 Å². The first-order valence-electron chi connectivity index (χ1n) is 10.8. The number of nitrogens with one attached hydrogen (secondary N) is 2. The van der Waals surface area contributed by atoms with Gasteiger partial charge in [-0.2, -0.15) is 5.26 Å². The van der Waals surface area contributed by atoms with E-state index in [9.17, 15) is 5.26 Å². The number of aromatic nitrogens is 4. The summed E-state index contributed by atoms with van der Waals surface area (Å²) in [5.41, 5.74) is 3.81. The quantitative estimate of drug-likeness (QED) is 0.586. The summed E-state index contributed by atoms with van der Waals surface area (Å²) in [6.07, 6.45) is 7.46. The minimum atomic E-state index is 0.434. The highest BCUT2D eigenvalue weighted by Gasteiger charge is 2.22. The van der Waals surface area contributed by atoms with E-state index >= 15 is 0 Å². The maximum atomic E-state index is 9.51. The van der Waals surface area contributed by atoms with Crippen LogP contribution < -0.4 is 10.6 Å². The van der Waals surface area contributed by atoms with Crippen LogP contribution >= 0.6 is 0 Å². The Bertz CT molecular complexity index is 1120. The van der Waals surface area contributed by atoms with Crippen molar-refractivity contribution in [3.05, 3.63) is 54.1 Å². The van der Waals surface area contributed by atoms with Crippen LogP contribution in [0.1, 0.15) is 24.1 Å². The van der Waals surface area contributed by atoms with Gasteiger partial charge in [0.25, 0.3) is 0 Å². The Hall–Kier alpha value is -3.61. The van der Waals surface area contributed by atoms with E-state index in [0.717, 1.165) is 62.6 Å². The topological polar surface area (TPSA) is 112 Å². The van der Waals surface area contributed by atoms with Crippen LogP contribution in [0.15, 0.2) is 42.9 Å². The molecule has 0 unspecified atom stereocenters. The van der Waals surface area contributed by atoms with E-state index in [2.05, 4.69) is 41.5 Å². The Labute approximate surface area is 186 Å². The zero-order valence-electron chi connectivity index (χ0n) is 17.7. The Morgan fingerprint density at radius 2 is 1.97 bits per heavy atom. The lowest BCUT2D eigenvalue weighted by atomic mass is 10.1. The average molecular weight is 429 g/mol. The molecule has 2 fully saturated rings. The molecule has 0 radical (unpaired) electrons. The number of rotatable bonds is 7. The average Bonchev–Trinajstić information content (AvgIpc) is 3.66. The molecule has 9 heteroatoms. The summed E-state index contributed by atoms with van der Waals surface area (Å²) in [6.45, 7) is 4.23. The zero-order chi connectivity index (χ0) is 21.8. The highest BCUT2D eigenvalue weighted by atomic mass is 16.5. The van der Waals surface area contributed by atoms with Gasteiger partial charge in [0, 0.05) is 43.6 Å². The second-order valence-electron chi connectivity index (χ2n) is 7.97. The molecule has 32 heavy (non-hydrogen) atoms. The van der Waals surface area contributed by atoms with Gasteiger partial charge in [0.1, 0.15) is 11.9 Å². The molecule has 4 heterocycles. The first-order chi connectivity index (χ1) is 15.8. The molecular weight excluding hydrogens is 404 g/mol. The van der Waals surface area contributed by atoms with Gasteiger partial charge in [0.2, 0.25) is 5.95 Å². The fraction of sp³-hybridized carbons (Fsp3) is 0.348. The van der Waals surface area contributed by atoms with Gasteiger partial charge >= 0.3 is 0 Å². The molecule has 0 spiro atoms. The van der Waals surface area contributed by atoms with E-state index < -0.39 is 0 Å². The molecule has 162 valence electrons. The second-order valence-corrected chi connectivity index (χ2v) is 7.97. The van der Waals surface area contributed by atoms with Gasteiger partial charge in [-0.3, -0.25) is 9.88 Å². The number of nitrogens with zero attached hydrogens (tertiary/aromatic N) is 6. The molecule has 0 aromatic carbocycles. The fourth-order valence-corrected chi connectivity index (χ4v) is 3.52. The van der Waals surface area contributed by atoms with Gasteiger partial charge in [-0.15, -0.1) is 0 Å². The van der Waals surface area contributed by atoms with Crippen LogP contribution in [-0.4, -0.2) is 57.2 Å². The van der Waals surface area contributed by atoms with Crippen molar-refractivity contribution in [1.82, 2.24) is 24.8 Å². The minimum Gasteiger partial charge on any atom is -0.379 e. The molecule has 3 aromatic heterocycles. The molecule has 2 aliphatic rings. The number of ether oxygens (including phenoxy) is 1. The minimum absolute atomic E-state index is 0.434. The summed E-state index contributed by atoms with van der Waals surface area (Å²) in [4.78, 5) is 20.2. The Kier molecular flexibility index (Phi) is 5.87. The molecule has 0 atom stereocenters. The summed E-state index contributed by atoms with van der Waals surface area (Å²) in [6, 6.07) is 10.3. The molecule has 1 aliphatic carbocycles. The summed E-state index contributed by atoms with van der Waals surface area (Å²) >= 11 is 0. The van der Waals surface area contributed by atoms with Crippen LogP contribution in [0.25, 0.3) is 11.3 Å². The second kappa shape index (κ2) is 9.26. The summed E-state index contributed by atoms with van der Waals surface area (Å²) < 4.78 is 5.39. The predicted molar refractivity (Wildman–Crippen MR) is 120 cm³/mol. The van der Waals surface area contributed by atoms with Crippen molar-refractivity contribution in [2.75, 3.05) is 36.9 Å². The molecule has 3 aromatic rings. The Balaban J connectivity index is 1.27. The largest absolute Gasteiger partial charge is 0.379 e. The van der Waals surface area contributed by atoms with Gasteiger partial charge in [0.15, 0.2) is 0 Å². The van der Waals surface area contributed by atoms with E-state index in [0.29, 0.717) is 29.1 Å². The third-order valence-electron chi connectivity index (χ3n) is 5.45. The lowest BCUT2D eigenvalue weighted by molar-refractivity contribution is 0.0336. The molecule has 5 rings (SSSR count). The monoisotopic (exact) mass is 428 g/mol. The van der Waals surface area contributed by atoms with Crippen LogP contribution in [-0.2, 0) is 11.3 Å². The first-order valence-corrected chi connectivity index (χ1v) is 10.8. The number of hydrogen-bond acceptors (Lipinski definition) is 9. The molecule has 0 amide bonds. The molecule has 1 aliphatic heterocycles. The smallest absolute Gasteiger partial charge is 0.227 e. The van der Waals surface area contributed by atoms with E-state index in [-0.39, 0.29) is 0 Å². The van der Waals surface area contributed by atoms with Crippen LogP contribution in [0.2, 0.25) is 0 Å². The lowest BCUT2D eigenvalue weighted by Crippen LogP contribution is -2.35. The van der Waals surface area contributed by atoms with Crippen molar-refractivity contribution in [2.24, 2.45) is 0 Å². The SMILES string of the molecule is N#Cc1cc(-c2ccnc(Nc3ccc(CN4CCOCC4)nc3)n2)cnc1NC1CC1. The van der Waals surface area contributed by atoms with Crippen molar-refractivity contribution < 1.29 is 4.74 Å². The summed E-state index contributed by atoms with van der Waals surface area (Å²) in [7, 11) is 0. The third-order valence-corrected chi connectivity index (χ3v) is 5.45. The van der Waals surface area contributed by atoms with Crippen molar-refractivity contribution in [3.63, 3.8) is 0 Å². The normalized spacial score (nSPS) is 16.3. The molecule has 9 nitrogen and oxygen atoms in total. The highest BCUT2D eigenvalue weighted by molar-refractivity contribution is 5.66. The number of nitriles is 1. The van der Waals surface area contributed by atoms with E-state index in [4.69, 9.17) is 4.74 Å². The molecule has 0 bridgehead atoms. The number of morpholine rings is 1. The van der Waals surface area contributed by atoms with Crippen LogP contribution in [0, 0.1) is 11.3 Å². The molecule has 1 saturated carbocycles. The van der Waals surface area contributed by atoms with Gasteiger partial charge in [0.05, 0.1) is 42.0 Å². The van der Waals surface area contributed by atoms with Gasteiger partial charge in [-0.1, -0.05) is 0 Å². The van der Waals surface area contributed by atoms with Gasteiger partial charge in [-0.25, -0.2) is 15.0 Å². The van der Waals surface area contributed by atoms with Crippen molar-refractivity contribution >= 4 is 17.5 Å². The maximum absolute atomic E-state index is 9.51. The lowest BCUT2D eigenvalue weighted by Gasteiger charge is -2.26. The molecule has 1 saturated heterocycles. The molecule has 2 N–H and O–H groups in total. The first kappa shape index (κ1) is 20.3. The zero-order valence-corrected chi connectivity index (χ0v) is 17.7. The predicted octanol–water partition coefficient (Wildman–Crippen LogP) is 2.96. The number of anilines is 3. The Morgan fingerprint density at radius 1 is 1.09 bits per heavy atom. The van der Waals surface area contributed by atoms with Crippen molar-refractivity contribution in [3.8, 4) is 17.3 Å². The standard InChI is InChI=1S/C23H24N8O/c24-12-16-11-17(13-27-22(16)28-18-1-2-18)21-5-6-25-23(30-21)29-19-3-4-20(26-14-19)15-31-7-9-32-10-8-31/h3-6,11,13-14,18H,1-2,7-10,15H2,(H,27,28)(H,25,29,30). The highest BCUT2D eigenvalue weighted by Crippen LogP contribution is 2.27. The number of hydrogen-bond donors (Lipinski definition) is 2. The van der Waals surface area contributed by atoms with E-state index in [1.807, 2.05) is 18.2 Å². The van der Waals surface area contributed by atoms with Gasteiger partial charge < -0.3 is 15.4 Å². The number of pyridine rings is 2. The maximum Gasteiger partial charge on any atom is 0.227 e. The summed E-state index contributed by atoms with van der Waals surface area (Å²) in [5, 5.41) is 16.0. The summed E-state index contributed by atoms with van der Waals surface area (Å²) in [5.74, 6) is 1.10.